The van der Waals surface area contributed by atoms with Crippen LogP contribution in [-0.4, -0.2) is 33.7 Å². The van der Waals surface area contributed by atoms with Crippen LogP contribution in [0.4, 0.5) is 5.95 Å². The zero-order valence-electron chi connectivity index (χ0n) is 11.0. The van der Waals surface area contributed by atoms with E-state index in [-0.39, 0.29) is 0 Å². The number of pyridine rings is 1. The lowest BCUT2D eigenvalue weighted by Crippen LogP contribution is -2.39. The summed E-state index contributed by atoms with van der Waals surface area (Å²) in [5.74, 6) is 0.790. The van der Waals surface area contributed by atoms with Crippen molar-refractivity contribution in [2.24, 2.45) is 5.73 Å². The van der Waals surface area contributed by atoms with Crippen LogP contribution in [0.2, 0.25) is 0 Å². The molecule has 6 heteroatoms. The third kappa shape index (κ3) is 2.60. The van der Waals surface area contributed by atoms with Crippen molar-refractivity contribution in [2.75, 3.05) is 11.9 Å². The number of nitrogens with two attached hydrogens (primary N) is 1. The molecule has 0 unspecified atom stereocenters. The Balaban J connectivity index is 1.83. The van der Waals surface area contributed by atoms with Crippen LogP contribution < -0.4 is 10.6 Å². The van der Waals surface area contributed by atoms with E-state index in [0.29, 0.717) is 12.1 Å². The first-order valence-corrected chi connectivity index (χ1v) is 7.43. The van der Waals surface area contributed by atoms with Gasteiger partial charge in [-0.15, -0.1) is 5.10 Å². The number of nitrogens with zero attached hydrogens (tertiary/aromatic N) is 4. The fourth-order valence-electron chi connectivity index (χ4n) is 2.65. The molecule has 1 aliphatic carbocycles. The van der Waals surface area contributed by atoms with Crippen molar-refractivity contribution in [3.8, 4) is 0 Å². The minimum absolute atomic E-state index is 0.370. The molecule has 0 bridgehead atoms. The van der Waals surface area contributed by atoms with Gasteiger partial charge in [0.25, 0.3) is 0 Å². The van der Waals surface area contributed by atoms with E-state index in [4.69, 9.17) is 5.73 Å². The van der Waals surface area contributed by atoms with Gasteiger partial charge >= 0.3 is 0 Å². The quantitative estimate of drug-likeness (QED) is 0.920. The highest BCUT2D eigenvalue weighted by atomic mass is 79.9. The first kappa shape index (κ1) is 12.9. The Bertz CT molecular complexity index is 573. The molecule has 1 fully saturated rings. The highest BCUT2D eigenvalue weighted by Crippen LogP contribution is 2.24. The van der Waals surface area contributed by atoms with E-state index < -0.39 is 0 Å². The largest absolute Gasteiger partial charge is 0.340 e. The second-order valence-electron chi connectivity index (χ2n) is 5.24. The number of halogens is 1. The maximum atomic E-state index is 5.95. The van der Waals surface area contributed by atoms with Gasteiger partial charge in [-0.05, 0) is 53.7 Å². The Morgan fingerprint density at radius 1 is 1.32 bits per heavy atom. The number of hydrogen-bond donors (Lipinski definition) is 1. The summed E-state index contributed by atoms with van der Waals surface area (Å²) < 4.78 is 2.81. The van der Waals surface area contributed by atoms with Gasteiger partial charge in [-0.1, -0.05) is 0 Å². The first-order chi connectivity index (χ1) is 9.13. The molecule has 0 atom stereocenters. The van der Waals surface area contributed by atoms with Crippen molar-refractivity contribution >= 4 is 27.5 Å². The van der Waals surface area contributed by atoms with E-state index in [1.54, 1.807) is 0 Å². The van der Waals surface area contributed by atoms with Gasteiger partial charge in [0.1, 0.15) is 0 Å². The topological polar surface area (TPSA) is 59.5 Å². The lowest BCUT2D eigenvalue weighted by Gasteiger charge is -2.32. The average Bonchev–Trinajstić information content (AvgIpc) is 2.81. The summed E-state index contributed by atoms with van der Waals surface area (Å²) in [5, 5.41) is 4.54. The third-order valence-corrected chi connectivity index (χ3v) is 4.36. The van der Waals surface area contributed by atoms with Crippen molar-refractivity contribution in [3.63, 3.8) is 0 Å². The summed E-state index contributed by atoms with van der Waals surface area (Å²) in [6.07, 6.45) is 6.35. The molecular formula is C13H18BrN5. The van der Waals surface area contributed by atoms with Gasteiger partial charge in [-0.3, -0.25) is 0 Å². The number of anilines is 1. The van der Waals surface area contributed by atoms with Crippen molar-refractivity contribution in [1.29, 1.82) is 0 Å². The Morgan fingerprint density at radius 3 is 2.79 bits per heavy atom. The van der Waals surface area contributed by atoms with Crippen LogP contribution in [-0.2, 0) is 0 Å². The van der Waals surface area contributed by atoms with E-state index >= 15 is 0 Å². The van der Waals surface area contributed by atoms with Gasteiger partial charge in [0.2, 0.25) is 5.95 Å². The first-order valence-electron chi connectivity index (χ1n) is 6.64. The maximum absolute atomic E-state index is 5.95. The lowest BCUT2D eigenvalue weighted by atomic mass is 9.91. The number of aromatic nitrogens is 3. The van der Waals surface area contributed by atoms with E-state index in [2.05, 4.69) is 38.0 Å². The smallest absolute Gasteiger partial charge is 0.245 e. The lowest BCUT2D eigenvalue weighted by molar-refractivity contribution is 0.382. The van der Waals surface area contributed by atoms with E-state index in [1.165, 1.54) is 0 Å². The summed E-state index contributed by atoms with van der Waals surface area (Å²) in [5.41, 5.74) is 6.83. The van der Waals surface area contributed by atoms with Crippen molar-refractivity contribution in [1.82, 2.24) is 14.6 Å². The van der Waals surface area contributed by atoms with E-state index in [0.717, 1.165) is 41.8 Å². The van der Waals surface area contributed by atoms with Gasteiger partial charge in [0.15, 0.2) is 5.65 Å². The normalized spacial score (nSPS) is 23.7. The molecular weight excluding hydrogens is 306 g/mol. The maximum Gasteiger partial charge on any atom is 0.245 e. The summed E-state index contributed by atoms with van der Waals surface area (Å²) in [6.45, 7) is 0. The van der Waals surface area contributed by atoms with Gasteiger partial charge in [-0.25, -0.2) is 4.52 Å². The Labute approximate surface area is 120 Å². The van der Waals surface area contributed by atoms with Crippen LogP contribution in [0.25, 0.3) is 5.65 Å². The Hall–Kier alpha value is -1.14. The van der Waals surface area contributed by atoms with Gasteiger partial charge < -0.3 is 10.6 Å². The van der Waals surface area contributed by atoms with Crippen LogP contribution in [0.15, 0.2) is 22.8 Å². The summed E-state index contributed by atoms with van der Waals surface area (Å²) >= 11 is 3.45. The van der Waals surface area contributed by atoms with Crippen LogP contribution in [0.3, 0.4) is 0 Å². The Morgan fingerprint density at radius 2 is 2.05 bits per heavy atom. The molecule has 1 saturated carbocycles. The predicted molar refractivity (Wildman–Crippen MR) is 79.3 cm³/mol. The minimum atomic E-state index is 0.370. The van der Waals surface area contributed by atoms with Crippen molar-refractivity contribution < 1.29 is 0 Å². The molecule has 2 aromatic heterocycles. The average molecular weight is 324 g/mol. The zero-order chi connectivity index (χ0) is 13.4. The molecule has 0 saturated heterocycles. The molecule has 0 aliphatic heterocycles. The fourth-order valence-corrected chi connectivity index (χ4v) is 2.97. The molecule has 2 N–H and O–H groups in total. The third-order valence-electron chi connectivity index (χ3n) is 3.89. The number of fused-ring (bicyclic) bond motifs is 1. The predicted octanol–water partition coefficient (Wildman–Crippen LogP) is 2.20. The molecule has 0 aromatic carbocycles. The molecule has 1 aliphatic rings. The molecule has 0 radical (unpaired) electrons. The highest BCUT2D eigenvalue weighted by molar-refractivity contribution is 9.10. The van der Waals surface area contributed by atoms with Crippen molar-refractivity contribution in [3.05, 3.63) is 22.8 Å². The summed E-state index contributed by atoms with van der Waals surface area (Å²) in [7, 11) is 2.07. The van der Waals surface area contributed by atoms with Crippen LogP contribution in [0.1, 0.15) is 25.7 Å². The highest BCUT2D eigenvalue weighted by Gasteiger charge is 2.24. The monoisotopic (exact) mass is 323 g/mol. The van der Waals surface area contributed by atoms with E-state index in [1.807, 2.05) is 22.8 Å². The standard InChI is InChI=1S/C13H18BrN5/c1-18(11-5-3-10(15)4-6-11)13-16-12-7-2-9(14)8-19(12)17-13/h2,7-8,10-11H,3-6,15H2,1H3. The fraction of sp³-hybridized carbons (Fsp3) is 0.538. The van der Waals surface area contributed by atoms with Crippen molar-refractivity contribution in [2.45, 2.75) is 37.8 Å². The molecule has 102 valence electrons. The van der Waals surface area contributed by atoms with Crippen LogP contribution in [0, 0.1) is 0 Å². The van der Waals surface area contributed by atoms with E-state index in [9.17, 15) is 0 Å². The second kappa shape index (κ2) is 5.09. The minimum Gasteiger partial charge on any atom is -0.340 e. The second-order valence-corrected chi connectivity index (χ2v) is 6.16. The summed E-state index contributed by atoms with van der Waals surface area (Å²) in [4.78, 5) is 6.76. The van der Waals surface area contributed by atoms with Crippen LogP contribution in [0.5, 0.6) is 0 Å². The van der Waals surface area contributed by atoms with Gasteiger partial charge in [-0.2, -0.15) is 4.98 Å². The zero-order valence-corrected chi connectivity index (χ0v) is 12.5. The number of rotatable bonds is 2. The Kier molecular flexibility index (Phi) is 3.45. The molecule has 5 nitrogen and oxygen atoms in total. The van der Waals surface area contributed by atoms with Gasteiger partial charge in [0.05, 0.1) is 0 Å². The molecule has 19 heavy (non-hydrogen) atoms. The van der Waals surface area contributed by atoms with Gasteiger partial charge in [0, 0.05) is 29.8 Å². The molecule has 2 heterocycles. The number of hydrogen-bond acceptors (Lipinski definition) is 4. The molecule has 3 rings (SSSR count). The molecule has 0 spiro atoms. The van der Waals surface area contributed by atoms with Crippen LogP contribution >= 0.6 is 15.9 Å². The SMILES string of the molecule is CN(c1nc2ccc(Br)cn2n1)C1CCC(N)CC1. The molecule has 2 aromatic rings. The molecule has 0 amide bonds. The summed E-state index contributed by atoms with van der Waals surface area (Å²) in [6, 6.07) is 4.81.